The van der Waals surface area contributed by atoms with Crippen molar-refractivity contribution in [2.45, 2.75) is 38.4 Å². The topological polar surface area (TPSA) is 32.8 Å². The molecule has 4 heteroatoms. The monoisotopic (exact) mass is 212 g/mol. The SMILES string of the molecule is CCC1C(C)N2CCN1CC2C(=O)OC. The lowest BCUT2D eigenvalue weighted by atomic mass is 9.93. The largest absolute Gasteiger partial charge is 0.468 e. The number of hydrogen-bond donors (Lipinski definition) is 0. The molecule has 3 rings (SSSR count). The van der Waals surface area contributed by atoms with E-state index in [9.17, 15) is 4.79 Å². The van der Waals surface area contributed by atoms with Crippen molar-refractivity contribution in [3.63, 3.8) is 0 Å². The standard InChI is InChI=1S/C11H20N2O2/c1-4-9-8(2)13-6-5-12(9)7-10(13)11(14)15-3/h8-10H,4-7H2,1-3H3. The number of carbonyl (C=O) groups excluding carboxylic acids is 1. The minimum Gasteiger partial charge on any atom is -0.468 e. The highest BCUT2D eigenvalue weighted by Gasteiger charge is 2.45. The minimum absolute atomic E-state index is 0.0402. The van der Waals surface area contributed by atoms with Gasteiger partial charge in [0.05, 0.1) is 7.11 Å². The van der Waals surface area contributed by atoms with Gasteiger partial charge in [-0.3, -0.25) is 14.6 Å². The average Bonchev–Trinajstić information content (AvgIpc) is 2.28. The normalized spacial score (nSPS) is 44.1. The fourth-order valence-corrected chi connectivity index (χ4v) is 3.08. The van der Waals surface area contributed by atoms with E-state index < -0.39 is 0 Å². The Morgan fingerprint density at radius 1 is 1.47 bits per heavy atom. The molecule has 0 amide bonds. The van der Waals surface area contributed by atoms with Crippen molar-refractivity contribution in [1.29, 1.82) is 0 Å². The quantitative estimate of drug-likeness (QED) is 0.617. The third-order valence-electron chi connectivity index (χ3n) is 3.89. The van der Waals surface area contributed by atoms with Crippen LogP contribution in [-0.2, 0) is 9.53 Å². The van der Waals surface area contributed by atoms with E-state index in [4.69, 9.17) is 4.74 Å². The molecule has 4 nitrogen and oxygen atoms in total. The van der Waals surface area contributed by atoms with Crippen molar-refractivity contribution in [3.8, 4) is 0 Å². The second-order valence-electron chi connectivity index (χ2n) is 4.49. The summed E-state index contributed by atoms with van der Waals surface area (Å²) in [7, 11) is 1.48. The zero-order valence-electron chi connectivity index (χ0n) is 9.77. The van der Waals surface area contributed by atoms with Gasteiger partial charge in [0.1, 0.15) is 6.04 Å². The molecule has 0 spiro atoms. The van der Waals surface area contributed by atoms with E-state index in [0.717, 1.165) is 26.1 Å². The number of esters is 1. The van der Waals surface area contributed by atoms with Gasteiger partial charge < -0.3 is 4.74 Å². The predicted octanol–water partition coefficient (Wildman–Crippen LogP) is 0.326. The maximum absolute atomic E-state index is 11.6. The Labute approximate surface area is 91.2 Å². The van der Waals surface area contributed by atoms with Gasteiger partial charge >= 0.3 is 5.97 Å². The van der Waals surface area contributed by atoms with Crippen LogP contribution in [0.2, 0.25) is 0 Å². The van der Waals surface area contributed by atoms with E-state index in [1.54, 1.807) is 0 Å². The third kappa shape index (κ3) is 1.66. The van der Waals surface area contributed by atoms with Crippen LogP contribution in [0.25, 0.3) is 0 Å². The Balaban J connectivity index is 2.13. The first-order chi connectivity index (χ1) is 7.19. The molecule has 0 aromatic rings. The summed E-state index contributed by atoms with van der Waals surface area (Å²) >= 11 is 0. The van der Waals surface area contributed by atoms with E-state index in [1.165, 1.54) is 7.11 Å². The van der Waals surface area contributed by atoms with Gasteiger partial charge in [0.25, 0.3) is 0 Å². The summed E-state index contributed by atoms with van der Waals surface area (Å²) < 4.78 is 4.85. The van der Waals surface area contributed by atoms with E-state index in [1.807, 2.05) is 0 Å². The molecular weight excluding hydrogens is 192 g/mol. The Morgan fingerprint density at radius 2 is 2.20 bits per heavy atom. The van der Waals surface area contributed by atoms with Gasteiger partial charge in [0.2, 0.25) is 0 Å². The van der Waals surface area contributed by atoms with E-state index in [2.05, 4.69) is 23.6 Å². The summed E-state index contributed by atoms with van der Waals surface area (Å²) in [5, 5.41) is 0. The van der Waals surface area contributed by atoms with Crippen LogP contribution in [0.4, 0.5) is 0 Å². The zero-order valence-corrected chi connectivity index (χ0v) is 9.77. The number of piperazine rings is 3. The fraction of sp³-hybridized carbons (Fsp3) is 0.909. The second kappa shape index (κ2) is 4.10. The maximum Gasteiger partial charge on any atom is 0.324 e. The van der Waals surface area contributed by atoms with E-state index in [0.29, 0.717) is 12.1 Å². The average molecular weight is 212 g/mol. The smallest absolute Gasteiger partial charge is 0.324 e. The van der Waals surface area contributed by atoms with Crippen molar-refractivity contribution >= 4 is 5.97 Å². The van der Waals surface area contributed by atoms with E-state index >= 15 is 0 Å². The first-order valence-electron chi connectivity index (χ1n) is 5.76. The van der Waals surface area contributed by atoms with E-state index in [-0.39, 0.29) is 12.0 Å². The van der Waals surface area contributed by atoms with Crippen LogP contribution in [0.15, 0.2) is 0 Å². The number of nitrogens with zero attached hydrogens (tertiary/aromatic N) is 2. The summed E-state index contributed by atoms with van der Waals surface area (Å²) in [6, 6.07) is 1.04. The summed E-state index contributed by atoms with van der Waals surface area (Å²) in [4.78, 5) is 16.3. The molecule has 0 radical (unpaired) electrons. The number of ether oxygens (including phenoxy) is 1. The van der Waals surface area contributed by atoms with Crippen LogP contribution in [-0.4, -0.2) is 60.6 Å². The first-order valence-corrected chi connectivity index (χ1v) is 5.76. The van der Waals surface area contributed by atoms with Gasteiger partial charge in [0, 0.05) is 31.7 Å². The molecule has 3 aliphatic heterocycles. The zero-order chi connectivity index (χ0) is 11.0. The highest BCUT2D eigenvalue weighted by atomic mass is 16.5. The predicted molar refractivity (Wildman–Crippen MR) is 57.6 cm³/mol. The van der Waals surface area contributed by atoms with Crippen LogP contribution >= 0.6 is 0 Å². The molecule has 3 fully saturated rings. The number of carbonyl (C=O) groups is 1. The molecule has 5 unspecified atom stereocenters. The maximum atomic E-state index is 11.6. The highest BCUT2D eigenvalue weighted by molar-refractivity contribution is 5.76. The lowest BCUT2D eigenvalue weighted by Gasteiger charge is -2.55. The lowest BCUT2D eigenvalue weighted by Crippen LogP contribution is -2.71. The van der Waals surface area contributed by atoms with Crippen molar-refractivity contribution in [1.82, 2.24) is 9.80 Å². The van der Waals surface area contributed by atoms with Gasteiger partial charge in [-0.25, -0.2) is 0 Å². The number of hydrogen-bond acceptors (Lipinski definition) is 4. The molecule has 0 aromatic carbocycles. The van der Waals surface area contributed by atoms with Crippen LogP contribution < -0.4 is 0 Å². The molecule has 0 saturated carbocycles. The number of methoxy groups -OCH3 is 1. The Kier molecular flexibility index (Phi) is 2.98. The molecule has 0 aromatic heterocycles. The molecule has 15 heavy (non-hydrogen) atoms. The molecule has 0 N–H and O–H groups in total. The number of fused-ring (bicyclic) bond motifs is 3. The van der Waals surface area contributed by atoms with Crippen molar-refractivity contribution in [3.05, 3.63) is 0 Å². The molecular formula is C11H20N2O2. The van der Waals surface area contributed by atoms with Crippen LogP contribution in [0.3, 0.4) is 0 Å². The molecule has 3 heterocycles. The van der Waals surface area contributed by atoms with Crippen LogP contribution in [0, 0.1) is 0 Å². The van der Waals surface area contributed by atoms with Crippen molar-refractivity contribution in [2.24, 2.45) is 0 Å². The summed E-state index contributed by atoms with van der Waals surface area (Å²) in [5.74, 6) is -0.0823. The first kappa shape index (κ1) is 10.9. The summed E-state index contributed by atoms with van der Waals surface area (Å²) in [6.07, 6.45) is 1.16. The highest BCUT2D eigenvalue weighted by Crippen LogP contribution is 2.28. The van der Waals surface area contributed by atoms with Gasteiger partial charge in [-0.2, -0.15) is 0 Å². The summed E-state index contributed by atoms with van der Waals surface area (Å²) in [6.45, 7) is 7.37. The van der Waals surface area contributed by atoms with Gasteiger partial charge in [-0.05, 0) is 13.3 Å². The Bertz CT molecular complexity index is 255. The van der Waals surface area contributed by atoms with Gasteiger partial charge in [-0.15, -0.1) is 0 Å². The minimum atomic E-state index is -0.0823. The molecule has 2 bridgehead atoms. The lowest BCUT2D eigenvalue weighted by molar-refractivity contribution is -0.159. The molecule has 3 aliphatic rings. The van der Waals surface area contributed by atoms with Crippen LogP contribution in [0.5, 0.6) is 0 Å². The second-order valence-corrected chi connectivity index (χ2v) is 4.49. The Morgan fingerprint density at radius 3 is 2.73 bits per heavy atom. The fourth-order valence-electron chi connectivity index (χ4n) is 3.08. The summed E-state index contributed by atoms with van der Waals surface area (Å²) in [5.41, 5.74) is 0. The Hall–Kier alpha value is -0.610. The molecule has 3 saturated heterocycles. The van der Waals surface area contributed by atoms with Crippen molar-refractivity contribution < 1.29 is 9.53 Å². The third-order valence-corrected chi connectivity index (χ3v) is 3.89. The molecule has 0 aliphatic carbocycles. The molecule has 5 atom stereocenters. The van der Waals surface area contributed by atoms with Gasteiger partial charge in [-0.1, -0.05) is 6.92 Å². The molecule has 86 valence electrons. The number of rotatable bonds is 2. The van der Waals surface area contributed by atoms with Crippen LogP contribution in [0.1, 0.15) is 20.3 Å². The van der Waals surface area contributed by atoms with Gasteiger partial charge in [0.15, 0.2) is 0 Å². The van der Waals surface area contributed by atoms with Crippen molar-refractivity contribution in [2.75, 3.05) is 26.7 Å².